The van der Waals surface area contributed by atoms with E-state index in [4.69, 9.17) is 0 Å². The van der Waals surface area contributed by atoms with Gasteiger partial charge in [-0.15, -0.1) is 0 Å². The first kappa shape index (κ1) is 12.2. The molecule has 0 radical (unpaired) electrons. The van der Waals surface area contributed by atoms with E-state index in [0.29, 0.717) is 0 Å². The van der Waals surface area contributed by atoms with Crippen molar-refractivity contribution in [2.24, 2.45) is 0 Å². The summed E-state index contributed by atoms with van der Waals surface area (Å²) in [5, 5.41) is 6.13. The standard InChI is InChI=1S/C11H21N3O/c1-8(7-14(3)4)13-11(15)9(2)10-5-12-6-10/h8,12H,5-7H2,1-4H3,(H,13,15). The molecule has 1 atom stereocenters. The Bertz CT molecular complexity index is 265. The zero-order chi connectivity index (χ0) is 11.4. The summed E-state index contributed by atoms with van der Waals surface area (Å²) in [4.78, 5) is 13.8. The van der Waals surface area contributed by atoms with E-state index >= 15 is 0 Å². The van der Waals surface area contributed by atoms with Crippen LogP contribution >= 0.6 is 0 Å². The van der Waals surface area contributed by atoms with E-state index in [9.17, 15) is 4.79 Å². The second kappa shape index (κ2) is 5.28. The fourth-order valence-electron chi connectivity index (χ4n) is 1.60. The largest absolute Gasteiger partial charge is 0.349 e. The maximum Gasteiger partial charge on any atom is 0.247 e. The first-order valence-corrected chi connectivity index (χ1v) is 5.35. The molecule has 0 spiro atoms. The molecule has 1 saturated heterocycles. The first-order valence-electron chi connectivity index (χ1n) is 5.35. The molecule has 1 aliphatic heterocycles. The third-order valence-electron chi connectivity index (χ3n) is 2.56. The molecule has 0 saturated carbocycles. The van der Waals surface area contributed by atoms with Crippen LogP contribution in [0.3, 0.4) is 0 Å². The van der Waals surface area contributed by atoms with Crippen LogP contribution < -0.4 is 10.6 Å². The molecule has 1 rings (SSSR count). The monoisotopic (exact) mass is 211 g/mol. The number of nitrogens with zero attached hydrogens (tertiary/aromatic N) is 1. The third-order valence-corrected chi connectivity index (χ3v) is 2.56. The molecule has 1 heterocycles. The van der Waals surface area contributed by atoms with Crippen molar-refractivity contribution in [2.45, 2.75) is 19.9 Å². The lowest BCUT2D eigenvalue weighted by Crippen LogP contribution is -2.42. The average molecular weight is 211 g/mol. The van der Waals surface area contributed by atoms with Gasteiger partial charge in [-0.05, 0) is 33.5 Å². The summed E-state index contributed by atoms with van der Waals surface area (Å²) in [5.41, 5.74) is 2.10. The Morgan fingerprint density at radius 3 is 2.53 bits per heavy atom. The highest BCUT2D eigenvalue weighted by Gasteiger charge is 2.17. The number of nitrogens with one attached hydrogen (secondary N) is 2. The molecule has 15 heavy (non-hydrogen) atoms. The van der Waals surface area contributed by atoms with E-state index in [1.54, 1.807) is 0 Å². The van der Waals surface area contributed by atoms with Gasteiger partial charge in [0, 0.05) is 31.2 Å². The van der Waals surface area contributed by atoms with Crippen LogP contribution in [0.2, 0.25) is 0 Å². The minimum absolute atomic E-state index is 0.0702. The molecular formula is C11H21N3O. The van der Waals surface area contributed by atoms with Crippen LogP contribution in [-0.2, 0) is 4.79 Å². The fraction of sp³-hybridized carbons (Fsp3) is 0.727. The molecular weight excluding hydrogens is 190 g/mol. The minimum Gasteiger partial charge on any atom is -0.349 e. The Hall–Kier alpha value is -0.870. The Balaban J connectivity index is 2.41. The quantitative estimate of drug-likeness (QED) is 0.642. The fourth-order valence-corrected chi connectivity index (χ4v) is 1.60. The number of rotatable bonds is 4. The van der Waals surface area contributed by atoms with E-state index in [2.05, 4.69) is 15.5 Å². The van der Waals surface area contributed by atoms with Crippen LogP contribution in [0.1, 0.15) is 13.8 Å². The highest BCUT2D eigenvalue weighted by Crippen LogP contribution is 2.08. The van der Waals surface area contributed by atoms with Gasteiger partial charge in [0.2, 0.25) is 5.91 Å². The van der Waals surface area contributed by atoms with Gasteiger partial charge in [-0.2, -0.15) is 0 Å². The molecule has 1 amide bonds. The summed E-state index contributed by atoms with van der Waals surface area (Å²) < 4.78 is 0. The molecule has 4 nitrogen and oxygen atoms in total. The van der Waals surface area contributed by atoms with E-state index in [-0.39, 0.29) is 11.9 Å². The van der Waals surface area contributed by atoms with Gasteiger partial charge in [-0.3, -0.25) is 4.79 Å². The zero-order valence-electron chi connectivity index (χ0n) is 10.1. The molecule has 86 valence electrons. The van der Waals surface area contributed by atoms with Crippen molar-refractivity contribution in [3.8, 4) is 0 Å². The zero-order valence-corrected chi connectivity index (χ0v) is 10.1. The molecule has 4 heteroatoms. The van der Waals surface area contributed by atoms with Crippen LogP contribution in [0.4, 0.5) is 0 Å². The van der Waals surface area contributed by atoms with Gasteiger partial charge < -0.3 is 15.5 Å². The predicted octanol–water partition coefficient (Wildman–Crippen LogP) is -0.0276. The molecule has 0 aliphatic carbocycles. The molecule has 0 aromatic rings. The number of carbonyl (C=O) groups excluding carboxylic acids is 1. The summed E-state index contributed by atoms with van der Waals surface area (Å²) in [6.45, 7) is 6.51. The maximum atomic E-state index is 11.8. The summed E-state index contributed by atoms with van der Waals surface area (Å²) in [6, 6.07) is 0.191. The molecule has 1 fully saturated rings. The summed E-state index contributed by atoms with van der Waals surface area (Å²) in [5.74, 6) is 0.0702. The summed E-state index contributed by atoms with van der Waals surface area (Å²) in [7, 11) is 4.01. The van der Waals surface area contributed by atoms with Crippen molar-refractivity contribution in [3.05, 3.63) is 11.1 Å². The van der Waals surface area contributed by atoms with Crippen molar-refractivity contribution >= 4 is 5.91 Å². The highest BCUT2D eigenvalue weighted by molar-refractivity contribution is 5.94. The van der Waals surface area contributed by atoms with Crippen LogP contribution in [-0.4, -0.2) is 50.6 Å². The van der Waals surface area contributed by atoms with Crippen molar-refractivity contribution < 1.29 is 4.79 Å². The Labute approximate surface area is 91.7 Å². The summed E-state index contributed by atoms with van der Waals surface area (Å²) >= 11 is 0. The van der Waals surface area contributed by atoms with Crippen molar-refractivity contribution in [1.82, 2.24) is 15.5 Å². The van der Waals surface area contributed by atoms with Gasteiger partial charge in [0.15, 0.2) is 0 Å². The number of hydrogen-bond acceptors (Lipinski definition) is 3. The Kier molecular flexibility index (Phi) is 4.29. The van der Waals surface area contributed by atoms with Gasteiger partial charge in [-0.1, -0.05) is 0 Å². The lowest BCUT2D eigenvalue weighted by Gasteiger charge is -2.23. The van der Waals surface area contributed by atoms with Crippen LogP contribution in [0.25, 0.3) is 0 Å². The highest BCUT2D eigenvalue weighted by atomic mass is 16.1. The second-order valence-corrected chi connectivity index (χ2v) is 4.47. The molecule has 0 aromatic heterocycles. The topological polar surface area (TPSA) is 44.4 Å². The van der Waals surface area contributed by atoms with Crippen molar-refractivity contribution in [3.63, 3.8) is 0 Å². The predicted molar refractivity (Wildman–Crippen MR) is 61.7 cm³/mol. The summed E-state index contributed by atoms with van der Waals surface area (Å²) in [6.07, 6.45) is 0. The van der Waals surface area contributed by atoms with Gasteiger partial charge in [-0.25, -0.2) is 0 Å². The maximum absolute atomic E-state index is 11.8. The van der Waals surface area contributed by atoms with E-state index in [1.807, 2.05) is 27.9 Å². The Morgan fingerprint density at radius 2 is 2.13 bits per heavy atom. The lowest BCUT2D eigenvalue weighted by atomic mass is 10.0. The van der Waals surface area contributed by atoms with E-state index < -0.39 is 0 Å². The Morgan fingerprint density at radius 1 is 1.53 bits per heavy atom. The van der Waals surface area contributed by atoms with Crippen LogP contribution in [0.15, 0.2) is 11.1 Å². The lowest BCUT2D eigenvalue weighted by molar-refractivity contribution is -0.118. The van der Waals surface area contributed by atoms with Gasteiger partial charge in [0.1, 0.15) is 0 Å². The first-order chi connectivity index (χ1) is 7.00. The number of amides is 1. The molecule has 0 aromatic carbocycles. The van der Waals surface area contributed by atoms with Crippen LogP contribution in [0.5, 0.6) is 0 Å². The minimum atomic E-state index is 0.0702. The van der Waals surface area contributed by atoms with Gasteiger partial charge in [0.25, 0.3) is 0 Å². The van der Waals surface area contributed by atoms with E-state index in [1.165, 1.54) is 5.57 Å². The SMILES string of the molecule is CC(C(=O)NC(C)CN(C)C)=C1CNC1. The normalized spacial score (nSPS) is 17.3. The van der Waals surface area contributed by atoms with Crippen molar-refractivity contribution in [1.29, 1.82) is 0 Å². The number of carbonyl (C=O) groups is 1. The van der Waals surface area contributed by atoms with Crippen molar-refractivity contribution in [2.75, 3.05) is 33.7 Å². The van der Waals surface area contributed by atoms with Gasteiger partial charge in [0.05, 0.1) is 0 Å². The van der Waals surface area contributed by atoms with Gasteiger partial charge >= 0.3 is 0 Å². The molecule has 2 N–H and O–H groups in total. The number of hydrogen-bond donors (Lipinski definition) is 2. The van der Waals surface area contributed by atoms with Crippen LogP contribution in [0, 0.1) is 0 Å². The number of likely N-dealkylation sites (N-methyl/N-ethyl adjacent to an activating group) is 1. The molecule has 0 bridgehead atoms. The smallest absolute Gasteiger partial charge is 0.247 e. The second-order valence-electron chi connectivity index (χ2n) is 4.47. The third kappa shape index (κ3) is 3.64. The molecule has 1 unspecified atom stereocenters. The average Bonchev–Trinajstić information content (AvgIpc) is 1.98. The molecule has 1 aliphatic rings. The van der Waals surface area contributed by atoms with E-state index in [0.717, 1.165) is 25.2 Å².